The lowest BCUT2D eigenvalue weighted by molar-refractivity contribution is -0.130. The fraction of sp³-hybridized carbons (Fsp3) is 0.243. The van der Waals surface area contributed by atoms with E-state index in [9.17, 15) is 14.4 Å². The molecule has 4 aromatic carbocycles. The van der Waals surface area contributed by atoms with Crippen LogP contribution in [0.2, 0.25) is 0 Å². The van der Waals surface area contributed by atoms with Gasteiger partial charge in [0.25, 0.3) is 11.8 Å². The Bertz CT molecular complexity index is 2030. The average Bonchev–Trinajstić information content (AvgIpc) is 3.78. The number of carbonyl (C=O) groups excluding carboxylic acids is 3. The predicted octanol–water partition coefficient (Wildman–Crippen LogP) is 5.41. The van der Waals surface area contributed by atoms with Gasteiger partial charge in [-0.25, -0.2) is 5.01 Å². The summed E-state index contributed by atoms with van der Waals surface area (Å²) < 4.78 is 18.9. The molecule has 0 bridgehead atoms. The summed E-state index contributed by atoms with van der Waals surface area (Å²) in [6.45, 7) is 2.44. The van der Waals surface area contributed by atoms with E-state index in [-0.39, 0.29) is 36.9 Å². The van der Waals surface area contributed by atoms with Crippen molar-refractivity contribution in [1.82, 2.24) is 24.9 Å². The monoisotopic (exact) mass is 658 g/mol. The molecule has 12 nitrogen and oxygen atoms in total. The van der Waals surface area contributed by atoms with Crippen molar-refractivity contribution in [2.45, 2.75) is 39.0 Å². The van der Waals surface area contributed by atoms with E-state index in [1.54, 1.807) is 37.2 Å². The molecule has 49 heavy (non-hydrogen) atoms. The summed E-state index contributed by atoms with van der Waals surface area (Å²) in [5.74, 6) is 1.16. The third kappa shape index (κ3) is 5.97. The SMILES string of the molecule is COc1cccc(OC)c1C1CC(c2ccc(OCc3cn(CCCN4C(=O)c5cccc6cccc(c56)C4=O)nn3)cc2)=NN1C(C)=O. The zero-order valence-electron chi connectivity index (χ0n) is 27.3. The maximum absolute atomic E-state index is 13.2. The molecule has 0 spiro atoms. The third-order valence-corrected chi connectivity index (χ3v) is 8.82. The van der Waals surface area contributed by atoms with Crippen LogP contribution in [0.1, 0.15) is 63.3 Å². The molecule has 0 fully saturated rings. The molecule has 1 aromatic heterocycles. The van der Waals surface area contributed by atoms with Crippen molar-refractivity contribution in [3.63, 3.8) is 0 Å². The Morgan fingerprint density at radius 3 is 2.14 bits per heavy atom. The van der Waals surface area contributed by atoms with Crippen LogP contribution in [0.15, 0.2) is 90.2 Å². The molecule has 0 saturated heterocycles. The van der Waals surface area contributed by atoms with Gasteiger partial charge in [0.2, 0.25) is 5.91 Å². The average molecular weight is 659 g/mol. The number of ether oxygens (including phenoxy) is 3. The van der Waals surface area contributed by atoms with E-state index in [0.717, 1.165) is 27.6 Å². The molecule has 0 saturated carbocycles. The summed E-state index contributed by atoms with van der Waals surface area (Å²) in [6.07, 6.45) is 2.81. The van der Waals surface area contributed by atoms with Crippen LogP contribution >= 0.6 is 0 Å². The highest BCUT2D eigenvalue weighted by Gasteiger charge is 2.36. The zero-order chi connectivity index (χ0) is 34.1. The number of rotatable bonds is 11. The van der Waals surface area contributed by atoms with E-state index >= 15 is 0 Å². The lowest BCUT2D eigenvalue weighted by atomic mass is 9.94. The first-order valence-electron chi connectivity index (χ1n) is 15.9. The first-order valence-corrected chi connectivity index (χ1v) is 15.9. The minimum atomic E-state index is -0.371. The van der Waals surface area contributed by atoms with Crippen molar-refractivity contribution >= 4 is 34.2 Å². The Morgan fingerprint density at radius 2 is 1.51 bits per heavy atom. The highest BCUT2D eigenvalue weighted by molar-refractivity contribution is 6.25. The van der Waals surface area contributed by atoms with E-state index in [2.05, 4.69) is 15.4 Å². The van der Waals surface area contributed by atoms with Gasteiger partial charge in [-0.15, -0.1) is 5.10 Å². The van der Waals surface area contributed by atoms with Gasteiger partial charge in [0, 0.05) is 42.9 Å². The van der Waals surface area contributed by atoms with Gasteiger partial charge < -0.3 is 14.2 Å². The van der Waals surface area contributed by atoms with Crippen LogP contribution in [0.4, 0.5) is 0 Å². The van der Waals surface area contributed by atoms with Gasteiger partial charge in [0.15, 0.2) is 0 Å². The first kappa shape index (κ1) is 31.6. The number of methoxy groups -OCH3 is 2. The lowest BCUT2D eigenvalue weighted by Crippen LogP contribution is -2.41. The van der Waals surface area contributed by atoms with Crippen molar-refractivity contribution in [2.75, 3.05) is 20.8 Å². The fourth-order valence-electron chi connectivity index (χ4n) is 6.50. The number of carbonyl (C=O) groups is 3. The Labute approximate surface area is 282 Å². The van der Waals surface area contributed by atoms with Gasteiger partial charge >= 0.3 is 0 Å². The van der Waals surface area contributed by atoms with Crippen LogP contribution in [0.5, 0.6) is 17.2 Å². The number of imide groups is 1. The Morgan fingerprint density at radius 1 is 0.857 bits per heavy atom. The number of aryl methyl sites for hydroxylation is 1. The van der Waals surface area contributed by atoms with Crippen molar-refractivity contribution in [3.05, 3.63) is 113 Å². The summed E-state index contributed by atoms with van der Waals surface area (Å²) in [7, 11) is 3.18. The van der Waals surface area contributed by atoms with Crippen LogP contribution in [0.3, 0.4) is 0 Å². The fourth-order valence-corrected chi connectivity index (χ4v) is 6.50. The molecule has 2 aliphatic heterocycles. The molecule has 2 aliphatic rings. The standard InChI is InChI=1S/C37H34N6O6/c1-23(44)43-31(35-32(47-2)12-6-13-33(35)48-3)20-30(39-43)24-14-16-27(17-15-24)49-22-26-21-41(40-38-26)18-7-19-42-36(45)28-10-4-8-25-9-5-11-29(34(25)28)37(42)46/h4-6,8-17,21,31H,7,18-20,22H2,1-3H3. The maximum Gasteiger partial charge on any atom is 0.261 e. The van der Waals surface area contributed by atoms with Crippen LogP contribution < -0.4 is 14.2 Å². The van der Waals surface area contributed by atoms with Crippen LogP contribution in [0.25, 0.3) is 10.8 Å². The van der Waals surface area contributed by atoms with Gasteiger partial charge in [-0.2, -0.15) is 5.10 Å². The third-order valence-electron chi connectivity index (χ3n) is 8.82. The second-order valence-electron chi connectivity index (χ2n) is 11.8. The van der Waals surface area contributed by atoms with Crippen molar-refractivity contribution < 1.29 is 28.6 Å². The van der Waals surface area contributed by atoms with Gasteiger partial charge in [0.05, 0.1) is 37.7 Å². The second-order valence-corrected chi connectivity index (χ2v) is 11.8. The Kier molecular flexibility index (Phi) is 8.52. The number of nitrogens with zero attached hydrogens (tertiary/aromatic N) is 6. The molecule has 248 valence electrons. The molecule has 0 radical (unpaired) electrons. The van der Waals surface area contributed by atoms with Gasteiger partial charge in [-0.1, -0.05) is 35.5 Å². The van der Waals surface area contributed by atoms with Crippen LogP contribution in [0, 0.1) is 0 Å². The van der Waals surface area contributed by atoms with Crippen LogP contribution in [-0.2, 0) is 17.9 Å². The molecule has 5 aromatic rings. The maximum atomic E-state index is 13.2. The molecule has 3 heterocycles. The lowest BCUT2D eigenvalue weighted by Gasteiger charge is -2.27. The minimum Gasteiger partial charge on any atom is -0.496 e. The van der Waals surface area contributed by atoms with Gasteiger partial charge in [-0.3, -0.25) is 24.0 Å². The number of hydrogen-bond donors (Lipinski definition) is 0. The quantitative estimate of drug-likeness (QED) is 0.172. The predicted molar refractivity (Wildman–Crippen MR) is 181 cm³/mol. The molecular formula is C37H34N6O6. The summed E-state index contributed by atoms with van der Waals surface area (Å²) in [5.41, 5.74) is 4.14. The van der Waals surface area contributed by atoms with E-state index in [4.69, 9.17) is 14.2 Å². The molecule has 0 N–H and O–H groups in total. The second kappa shape index (κ2) is 13.2. The number of aromatic nitrogens is 3. The number of hydrogen-bond acceptors (Lipinski definition) is 9. The van der Waals surface area contributed by atoms with Gasteiger partial charge in [0.1, 0.15) is 29.5 Å². The largest absolute Gasteiger partial charge is 0.496 e. The van der Waals surface area contributed by atoms with Gasteiger partial charge in [-0.05, 0) is 65.9 Å². The van der Waals surface area contributed by atoms with E-state index in [1.165, 1.54) is 16.8 Å². The molecule has 0 aliphatic carbocycles. The minimum absolute atomic E-state index is 0.182. The van der Waals surface area contributed by atoms with E-state index < -0.39 is 0 Å². The number of benzene rings is 4. The highest BCUT2D eigenvalue weighted by Crippen LogP contribution is 2.42. The van der Waals surface area contributed by atoms with Crippen molar-refractivity contribution in [3.8, 4) is 17.2 Å². The Hall–Kier alpha value is -6.04. The molecule has 1 unspecified atom stereocenters. The highest BCUT2D eigenvalue weighted by atomic mass is 16.5. The zero-order valence-corrected chi connectivity index (χ0v) is 27.3. The molecule has 1 atom stereocenters. The van der Waals surface area contributed by atoms with Crippen molar-refractivity contribution in [2.24, 2.45) is 5.10 Å². The number of amides is 3. The molecular weight excluding hydrogens is 624 g/mol. The summed E-state index contributed by atoms with van der Waals surface area (Å²) >= 11 is 0. The first-order chi connectivity index (χ1) is 23.9. The molecule has 3 amide bonds. The topological polar surface area (TPSA) is 128 Å². The van der Waals surface area contributed by atoms with E-state index in [1.807, 2.05) is 66.7 Å². The summed E-state index contributed by atoms with van der Waals surface area (Å²) in [5, 5.41) is 16.2. The van der Waals surface area contributed by atoms with Crippen LogP contribution in [-0.4, -0.2) is 69.1 Å². The van der Waals surface area contributed by atoms with E-state index in [0.29, 0.717) is 53.5 Å². The normalized spacial score (nSPS) is 15.5. The summed E-state index contributed by atoms with van der Waals surface area (Å²) in [4.78, 5) is 40.2. The van der Waals surface area contributed by atoms with Crippen molar-refractivity contribution in [1.29, 1.82) is 0 Å². The molecule has 7 rings (SSSR count). The summed E-state index contributed by atoms with van der Waals surface area (Å²) in [6, 6.07) is 23.7. The molecule has 12 heteroatoms. The number of hydrazone groups is 1. The Balaban J connectivity index is 0.946. The smallest absolute Gasteiger partial charge is 0.261 e.